The van der Waals surface area contributed by atoms with Gasteiger partial charge in [-0.3, -0.25) is 14.3 Å². The number of methoxy groups -OCH3 is 1. The van der Waals surface area contributed by atoms with Crippen LogP contribution in [0.25, 0.3) is 10.2 Å². The van der Waals surface area contributed by atoms with Crippen LogP contribution in [-0.2, 0) is 11.3 Å². The number of fused-ring (bicyclic) bond motifs is 1. The quantitative estimate of drug-likeness (QED) is 0.632. The van der Waals surface area contributed by atoms with Gasteiger partial charge >= 0.3 is 0 Å². The van der Waals surface area contributed by atoms with Crippen LogP contribution in [0.4, 0.5) is 11.4 Å². The molecule has 1 aliphatic rings. The van der Waals surface area contributed by atoms with E-state index in [1.165, 1.54) is 11.3 Å². The maximum absolute atomic E-state index is 12.9. The number of nitrogens with zero attached hydrogens (tertiary/aromatic N) is 3. The Morgan fingerprint density at radius 3 is 2.80 bits per heavy atom. The molecular weight excluding hydrogens is 400 g/mol. The fourth-order valence-electron chi connectivity index (χ4n) is 3.77. The molecule has 30 heavy (non-hydrogen) atoms. The van der Waals surface area contributed by atoms with Crippen molar-refractivity contribution in [2.24, 2.45) is 5.92 Å². The van der Waals surface area contributed by atoms with Gasteiger partial charge in [0, 0.05) is 36.7 Å². The minimum atomic E-state index is -0.168. The number of amides is 2. The van der Waals surface area contributed by atoms with Crippen LogP contribution in [0, 0.1) is 12.8 Å². The molecule has 3 heterocycles. The molecule has 0 unspecified atom stereocenters. The lowest BCUT2D eigenvalue weighted by atomic mass is 10.2. The maximum atomic E-state index is 12.9. The summed E-state index contributed by atoms with van der Waals surface area (Å²) in [6.45, 7) is 7.78. The number of thiophene rings is 1. The van der Waals surface area contributed by atoms with Gasteiger partial charge in [-0.15, -0.1) is 11.3 Å². The molecule has 0 aliphatic carbocycles. The van der Waals surface area contributed by atoms with Crippen LogP contribution in [0.2, 0.25) is 0 Å². The van der Waals surface area contributed by atoms with Gasteiger partial charge in [-0.05, 0) is 37.5 Å². The topological polar surface area (TPSA) is 76.5 Å². The zero-order valence-corrected chi connectivity index (χ0v) is 18.5. The van der Waals surface area contributed by atoms with E-state index in [0.717, 1.165) is 34.6 Å². The van der Waals surface area contributed by atoms with Crippen LogP contribution in [0.1, 0.15) is 42.1 Å². The maximum Gasteiger partial charge on any atom is 0.265 e. The molecule has 4 rings (SSSR count). The normalized spacial score (nSPS) is 14.2. The number of rotatable bonds is 6. The highest BCUT2D eigenvalue weighted by molar-refractivity contribution is 7.20. The van der Waals surface area contributed by atoms with Gasteiger partial charge in [-0.25, -0.2) is 0 Å². The zero-order valence-electron chi connectivity index (χ0n) is 17.7. The Bertz CT molecular complexity index is 1120. The second-order valence-electron chi connectivity index (χ2n) is 7.98. The van der Waals surface area contributed by atoms with Crippen LogP contribution < -0.4 is 15.0 Å². The molecule has 0 radical (unpaired) electrons. The first-order valence-corrected chi connectivity index (χ1v) is 11.0. The van der Waals surface area contributed by atoms with Gasteiger partial charge in [0.2, 0.25) is 5.91 Å². The first-order valence-electron chi connectivity index (χ1n) is 10.1. The Morgan fingerprint density at radius 2 is 2.13 bits per heavy atom. The summed E-state index contributed by atoms with van der Waals surface area (Å²) >= 11 is 1.45. The monoisotopic (exact) mass is 426 g/mol. The lowest BCUT2D eigenvalue weighted by Crippen LogP contribution is -2.24. The predicted octanol–water partition coefficient (Wildman–Crippen LogP) is 4.45. The Kier molecular flexibility index (Phi) is 5.51. The average molecular weight is 427 g/mol. The molecule has 1 fully saturated rings. The van der Waals surface area contributed by atoms with E-state index in [1.54, 1.807) is 24.1 Å². The van der Waals surface area contributed by atoms with Crippen LogP contribution in [0.5, 0.6) is 5.75 Å². The summed E-state index contributed by atoms with van der Waals surface area (Å²) in [4.78, 5) is 28.3. The smallest absolute Gasteiger partial charge is 0.265 e. The number of hydrogen-bond acceptors (Lipinski definition) is 5. The third kappa shape index (κ3) is 3.79. The van der Waals surface area contributed by atoms with Crippen molar-refractivity contribution < 1.29 is 14.3 Å². The van der Waals surface area contributed by atoms with E-state index in [4.69, 9.17) is 4.74 Å². The van der Waals surface area contributed by atoms with Gasteiger partial charge in [0.15, 0.2) is 0 Å². The molecule has 7 nitrogen and oxygen atoms in total. The summed E-state index contributed by atoms with van der Waals surface area (Å²) < 4.78 is 7.47. The highest BCUT2D eigenvalue weighted by Gasteiger charge is 2.25. The molecular formula is C22H26N4O3S. The molecule has 158 valence electrons. The molecule has 3 aromatic rings. The van der Waals surface area contributed by atoms with Crippen molar-refractivity contribution in [3.8, 4) is 5.75 Å². The molecule has 1 aromatic carbocycles. The van der Waals surface area contributed by atoms with Gasteiger partial charge in [0.05, 0.1) is 23.4 Å². The summed E-state index contributed by atoms with van der Waals surface area (Å²) in [6, 6.07) is 7.30. The molecule has 1 N–H and O–H groups in total. The van der Waals surface area contributed by atoms with Crippen LogP contribution in [-0.4, -0.2) is 35.2 Å². The SMILES string of the molecule is COc1cc(NC(=O)c2cc3c(C)nn(CC(C)C)c3s2)ccc1N1CCCC1=O. The number of nitrogens with one attached hydrogen (secondary N) is 1. The number of anilines is 2. The van der Waals surface area contributed by atoms with Crippen LogP contribution in [0.15, 0.2) is 24.3 Å². The first kappa shape index (κ1) is 20.4. The summed E-state index contributed by atoms with van der Waals surface area (Å²) in [5, 5.41) is 8.57. The van der Waals surface area contributed by atoms with Crippen molar-refractivity contribution in [1.29, 1.82) is 0 Å². The van der Waals surface area contributed by atoms with Crippen LogP contribution in [0.3, 0.4) is 0 Å². The summed E-state index contributed by atoms with van der Waals surface area (Å²) in [5.41, 5.74) is 2.30. The highest BCUT2D eigenvalue weighted by atomic mass is 32.1. The zero-order chi connectivity index (χ0) is 21.4. The van der Waals surface area contributed by atoms with Crippen molar-refractivity contribution in [3.05, 3.63) is 34.8 Å². The average Bonchev–Trinajstić information content (AvgIpc) is 3.39. The third-order valence-electron chi connectivity index (χ3n) is 5.17. The van der Waals surface area contributed by atoms with E-state index in [2.05, 4.69) is 24.3 Å². The molecule has 1 aliphatic heterocycles. The molecule has 0 atom stereocenters. The predicted molar refractivity (Wildman–Crippen MR) is 120 cm³/mol. The fourth-order valence-corrected chi connectivity index (χ4v) is 4.83. The van der Waals surface area contributed by atoms with E-state index in [-0.39, 0.29) is 11.8 Å². The van der Waals surface area contributed by atoms with E-state index in [1.807, 2.05) is 23.7 Å². The van der Waals surface area contributed by atoms with Crippen molar-refractivity contribution >= 4 is 44.7 Å². The van der Waals surface area contributed by atoms with Gasteiger partial charge < -0.3 is 15.0 Å². The van der Waals surface area contributed by atoms with Crippen molar-refractivity contribution in [2.75, 3.05) is 23.9 Å². The molecule has 2 amide bonds. The molecule has 1 saturated heterocycles. The van der Waals surface area contributed by atoms with E-state index in [0.29, 0.717) is 35.2 Å². The van der Waals surface area contributed by atoms with Gasteiger partial charge in [0.1, 0.15) is 10.6 Å². The number of carbonyl (C=O) groups excluding carboxylic acids is 2. The lowest BCUT2D eigenvalue weighted by molar-refractivity contribution is -0.117. The number of carbonyl (C=O) groups is 2. The summed E-state index contributed by atoms with van der Waals surface area (Å²) in [6.07, 6.45) is 1.40. The van der Waals surface area contributed by atoms with Gasteiger partial charge in [-0.2, -0.15) is 5.10 Å². The van der Waals surface area contributed by atoms with Crippen LogP contribution >= 0.6 is 11.3 Å². The van der Waals surface area contributed by atoms with E-state index >= 15 is 0 Å². The minimum absolute atomic E-state index is 0.0983. The minimum Gasteiger partial charge on any atom is -0.494 e. The van der Waals surface area contributed by atoms with Gasteiger partial charge in [0.25, 0.3) is 5.91 Å². The highest BCUT2D eigenvalue weighted by Crippen LogP contribution is 2.34. The second kappa shape index (κ2) is 8.10. The third-order valence-corrected chi connectivity index (χ3v) is 6.32. The second-order valence-corrected chi connectivity index (χ2v) is 9.01. The Balaban J connectivity index is 1.57. The molecule has 8 heteroatoms. The number of ether oxygens (including phenoxy) is 1. The number of hydrogen-bond donors (Lipinski definition) is 1. The fraction of sp³-hybridized carbons (Fsp3) is 0.409. The largest absolute Gasteiger partial charge is 0.494 e. The molecule has 0 saturated carbocycles. The van der Waals surface area contributed by atoms with E-state index < -0.39 is 0 Å². The number of aromatic nitrogens is 2. The lowest BCUT2D eigenvalue weighted by Gasteiger charge is -2.19. The van der Waals surface area contributed by atoms with Crippen molar-refractivity contribution in [2.45, 2.75) is 40.2 Å². The standard InChI is InChI=1S/C22H26N4O3S/c1-13(2)12-26-22-16(14(3)24-26)11-19(30-22)21(28)23-15-7-8-17(18(10-15)29-4)25-9-5-6-20(25)27/h7-8,10-11,13H,5-6,9,12H2,1-4H3,(H,23,28). The Labute approximate surface area is 179 Å². The number of aryl methyl sites for hydroxylation is 1. The van der Waals surface area contributed by atoms with Gasteiger partial charge in [-0.1, -0.05) is 13.8 Å². The summed E-state index contributed by atoms with van der Waals surface area (Å²) in [7, 11) is 1.57. The molecule has 0 spiro atoms. The van der Waals surface area contributed by atoms with Crippen molar-refractivity contribution in [1.82, 2.24) is 9.78 Å². The Morgan fingerprint density at radius 1 is 1.33 bits per heavy atom. The summed E-state index contributed by atoms with van der Waals surface area (Å²) in [5.74, 6) is 0.975. The Hall–Kier alpha value is -2.87. The molecule has 0 bridgehead atoms. The molecule has 2 aromatic heterocycles. The number of benzene rings is 1. The first-order chi connectivity index (χ1) is 14.4. The van der Waals surface area contributed by atoms with Crippen molar-refractivity contribution in [3.63, 3.8) is 0 Å². The van der Waals surface area contributed by atoms with E-state index in [9.17, 15) is 9.59 Å².